The Morgan fingerprint density at radius 2 is 2.17 bits per heavy atom. The topological polar surface area (TPSA) is 87.0 Å². The first-order chi connectivity index (χ1) is 11.5. The summed E-state index contributed by atoms with van der Waals surface area (Å²) in [5, 5.41) is 19.8. The van der Waals surface area contributed by atoms with Crippen molar-refractivity contribution in [3.63, 3.8) is 0 Å². The first-order valence-electron chi connectivity index (χ1n) is 6.97. The van der Waals surface area contributed by atoms with Crippen molar-refractivity contribution in [3.05, 3.63) is 57.8 Å². The van der Waals surface area contributed by atoms with E-state index in [0.29, 0.717) is 16.7 Å². The fourth-order valence-corrected chi connectivity index (χ4v) is 3.23. The zero-order chi connectivity index (χ0) is 17.3. The number of nitro groups is 1. The van der Waals surface area contributed by atoms with Gasteiger partial charge >= 0.3 is 0 Å². The quantitative estimate of drug-likeness (QED) is 0.397. The summed E-state index contributed by atoms with van der Waals surface area (Å²) in [4.78, 5) is 10.4. The SMILES string of the molecule is Cc1occc1-c1nnc(SCc2c(F)cccc2[N+](=O)[O-])n1C. The lowest BCUT2D eigenvalue weighted by atomic mass is 10.2. The number of furan rings is 1. The summed E-state index contributed by atoms with van der Waals surface area (Å²) in [5.41, 5.74) is 0.612. The smallest absolute Gasteiger partial charge is 0.276 e. The molecule has 0 aliphatic carbocycles. The zero-order valence-corrected chi connectivity index (χ0v) is 13.7. The van der Waals surface area contributed by atoms with E-state index in [9.17, 15) is 14.5 Å². The van der Waals surface area contributed by atoms with Crippen LogP contribution in [0.5, 0.6) is 0 Å². The molecule has 0 radical (unpaired) electrons. The Labute approximate surface area is 140 Å². The highest BCUT2D eigenvalue weighted by atomic mass is 32.2. The van der Waals surface area contributed by atoms with Gasteiger partial charge in [-0.3, -0.25) is 10.1 Å². The average Bonchev–Trinajstić information content (AvgIpc) is 3.11. The van der Waals surface area contributed by atoms with Gasteiger partial charge in [0.25, 0.3) is 5.69 Å². The molecule has 0 saturated heterocycles. The summed E-state index contributed by atoms with van der Waals surface area (Å²) in [6.45, 7) is 1.82. The predicted octanol–water partition coefficient (Wildman–Crippen LogP) is 3.72. The molecule has 2 aromatic heterocycles. The van der Waals surface area contributed by atoms with Crippen molar-refractivity contribution in [2.45, 2.75) is 17.8 Å². The summed E-state index contributed by atoms with van der Waals surface area (Å²) in [6, 6.07) is 5.61. The molecule has 7 nitrogen and oxygen atoms in total. The molecular formula is C15H13FN4O3S. The minimum Gasteiger partial charge on any atom is -0.469 e. The molecule has 0 bridgehead atoms. The number of benzene rings is 1. The minimum absolute atomic E-state index is 0.0385. The van der Waals surface area contributed by atoms with Crippen LogP contribution < -0.4 is 0 Å². The van der Waals surface area contributed by atoms with Crippen LogP contribution in [-0.4, -0.2) is 19.7 Å². The number of aromatic nitrogens is 3. The highest BCUT2D eigenvalue weighted by Gasteiger charge is 2.20. The van der Waals surface area contributed by atoms with Crippen molar-refractivity contribution in [3.8, 4) is 11.4 Å². The largest absolute Gasteiger partial charge is 0.469 e. The van der Waals surface area contributed by atoms with Crippen molar-refractivity contribution in [1.29, 1.82) is 0 Å². The Kier molecular flexibility index (Phi) is 4.34. The van der Waals surface area contributed by atoms with Crippen molar-refractivity contribution in [2.75, 3.05) is 0 Å². The van der Waals surface area contributed by atoms with E-state index in [1.807, 2.05) is 6.92 Å². The van der Waals surface area contributed by atoms with Crippen LogP contribution in [0.4, 0.5) is 10.1 Å². The number of hydrogen-bond donors (Lipinski definition) is 0. The van der Waals surface area contributed by atoms with Gasteiger partial charge in [0.15, 0.2) is 11.0 Å². The van der Waals surface area contributed by atoms with Crippen LogP contribution in [0.25, 0.3) is 11.4 Å². The number of halogens is 1. The van der Waals surface area contributed by atoms with Gasteiger partial charge in [0.1, 0.15) is 11.6 Å². The average molecular weight is 348 g/mol. The molecule has 0 fully saturated rings. The maximum Gasteiger partial charge on any atom is 0.276 e. The van der Waals surface area contributed by atoms with Crippen LogP contribution in [-0.2, 0) is 12.8 Å². The van der Waals surface area contributed by atoms with Gasteiger partial charge in [-0.15, -0.1) is 10.2 Å². The van der Waals surface area contributed by atoms with Crippen molar-refractivity contribution in [2.24, 2.45) is 7.05 Å². The molecule has 0 amide bonds. The van der Waals surface area contributed by atoms with Gasteiger partial charge in [0.05, 0.1) is 22.3 Å². The molecular weight excluding hydrogens is 335 g/mol. The van der Waals surface area contributed by atoms with Gasteiger partial charge in [-0.05, 0) is 19.1 Å². The number of aryl methyl sites for hydroxylation is 1. The molecule has 0 saturated carbocycles. The second kappa shape index (κ2) is 6.44. The monoisotopic (exact) mass is 348 g/mol. The molecule has 1 aromatic carbocycles. The van der Waals surface area contributed by atoms with E-state index in [0.717, 1.165) is 5.56 Å². The van der Waals surface area contributed by atoms with Crippen molar-refractivity contribution >= 4 is 17.4 Å². The molecule has 3 rings (SSSR count). The Balaban J connectivity index is 1.86. The summed E-state index contributed by atoms with van der Waals surface area (Å²) < 4.78 is 20.9. The normalized spacial score (nSPS) is 11.0. The Morgan fingerprint density at radius 1 is 1.38 bits per heavy atom. The first kappa shape index (κ1) is 16.2. The summed E-state index contributed by atoms with van der Waals surface area (Å²) in [5.74, 6) is 0.808. The number of thioether (sulfide) groups is 1. The van der Waals surface area contributed by atoms with Crippen LogP contribution in [0.2, 0.25) is 0 Å². The van der Waals surface area contributed by atoms with E-state index >= 15 is 0 Å². The van der Waals surface area contributed by atoms with Gasteiger partial charge in [-0.2, -0.15) is 0 Å². The lowest BCUT2D eigenvalue weighted by molar-refractivity contribution is -0.385. The van der Waals surface area contributed by atoms with Gasteiger partial charge < -0.3 is 8.98 Å². The molecule has 0 unspecified atom stereocenters. The van der Waals surface area contributed by atoms with Crippen LogP contribution in [0, 0.1) is 22.9 Å². The van der Waals surface area contributed by atoms with Crippen LogP contribution in [0.15, 0.2) is 40.1 Å². The van der Waals surface area contributed by atoms with E-state index in [2.05, 4.69) is 10.2 Å². The molecule has 124 valence electrons. The number of hydrogen-bond acceptors (Lipinski definition) is 6. The third kappa shape index (κ3) is 2.90. The fourth-order valence-electron chi connectivity index (χ4n) is 2.29. The molecule has 0 aliphatic rings. The van der Waals surface area contributed by atoms with Crippen LogP contribution in [0.3, 0.4) is 0 Å². The van der Waals surface area contributed by atoms with E-state index in [-0.39, 0.29) is 17.0 Å². The van der Waals surface area contributed by atoms with Gasteiger partial charge in [0, 0.05) is 18.9 Å². The number of nitro benzene ring substituents is 1. The third-order valence-electron chi connectivity index (χ3n) is 3.57. The molecule has 0 atom stereocenters. The second-order valence-corrected chi connectivity index (χ2v) is 5.98. The standard InChI is InChI=1S/C15H13FN4O3S/c1-9-10(6-7-23-9)14-17-18-15(19(14)2)24-8-11-12(16)4-3-5-13(11)20(21)22/h3-7H,8H2,1-2H3. The van der Waals surface area contributed by atoms with E-state index < -0.39 is 10.7 Å². The van der Waals surface area contributed by atoms with E-state index in [1.54, 1.807) is 23.9 Å². The highest BCUT2D eigenvalue weighted by molar-refractivity contribution is 7.98. The molecule has 24 heavy (non-hydrogen) atoms. The molecule has 0 aliphatic heterocycles. The Hall–Kier alpha value is -2.68. The Bertz CT molecular complexity index is 906. The second-order valence-electron chi connectivity index (χ2n) is 5.04. The summed E-state index contributed by atoms with van der Waals surface area (Å²) in [7, 11) is 1.78. The van der Waals surface area contributed by atoms with Gasteiger partial charge in [0.2, 0.25) is 0 Å². The maximum atomic E-state index is 13.9. The fraction of sp³-hybridized carbons (Fsp3) is 0.200. The van der Waals surface area contributed by atoms with Crippen LogP contribution >= 0.6 is 11.8 Å². The van der Waals surface area contributed by atoms with Crippen LogP contribution in [0.1, 0.15) is 11.3 Å². The van der Waals surface area contributed by atoms with Crippen molar-refractivity contribution in [1.82, 2.24) is 14.8 Å². The summed E-state index contributed by atoms with van der Waals surface area (Å²) in [6.07, 6.45) is 1.56. The molecule has 0 N–H and O–H groups in total. The van der Waals surface area contributed by atoms with E-state index in [1.165, 1.54) is 30.0 Å². The third-order valence-corrected chi connectivity index (χ3v) is 4.62. The predicted molar refractivity (Wildman–Crippen MR) is 86.1 cm³/mol. The zero-order valence-electron chi connectivity index (χ0n) is 12.9. The minimum atomic E-state index is -0.607. The Morgan fingerprint density at radius 3 is 2.83 bits per heavy atom. The lowest BCUT2D eigenvalue weighted by Crippen LogP contribution is -1.99. The lowest BCUT2D eigenvalue weighted by Gasteiger charge is -2.05. The highest BCUT2D eigenvalue weighted by Crippen LogP contribution is 2.31. The van der Waals surface area contributed by atoms with Gasteiger partial charge in [-0.1, -0.05) is 17.8 Å². The first-order valence-corrected chi connectivity index (χ1v) is 7.96. The van der Waals surface area contributed by atoms with Crippen molar-refractivity contribution < 1.29 is 13.7 Å². The maximum absolute atomic E-state index is 13.9. The molecule has 2 heterocycles. The van der Waals surface area contributed by atoms with Gasteiger partial charge in [-0.25, -0.2) is 4.39 Å². The molecule has 9 heteroatoms. The summed E-state index contributed by atoms with van der Waals surface area (Å²) >= 11 is 1.18. The molecule has 3 aromatic rings. The number of rotatable bonds is 5. The number of nitrogens with zero attached hydrogens (tertiary/aromatic N) is 4. The molecule has 0 spiro atoms. The van der Waals surface area contributed by atoms with E-state index in [4.69, 9.17) is 4.42 Å².